The van der Waals surface area contributed by atoms with Crippen molar-refractivity contribution in [2.24, 2.45) is 0 Å². The molecule has 8 nitrogen and oxygen atoms in total. The van der Waals surface area contributed by atoms with Crippen molar-refractivity contribution in [1.29, 1.82) is 0 Å². The molecule has 31 heavy (non-hydrogen) atoms. The number of fused-ring (bicyclic) bond motifs is 2. The zero-order chi connectivity index (χ0) is 21.4. The minimum Gasteiger partial charge on any atom is -0.496 e. The summed E-state index contributed by atoms with van der Waals surface area (Å²) in [7, 11) is 1.56. The summed E-state index contributed by atoms with van der Waals surface area (Å²) in [6, 6.07) is 14.5. The minimum absolute atomic E-state index is 0.155. The molecule has 0 spiro atoms. The van der Waals surface area contributed by atoms with Gasteiger partial charge in [0.25, 0.3) is 5.91 Å². The molecule has 8 heteroatoms. The van der Waals surface area contributed by atoms with E-state index in [1.807, 2.05) is 30.3 Å². The maximum Gasteiger partial charge on any atom is 0.291 e. The van der Waals surface area contributed by atoms with Gasteiger partial charge in [0.1, 0.15) is 11.4 Å². The molecule has 3 aromatic rings. The Morgan fingerprint density at radius 3 is 2.71 bits per heavy atom. The zero-order valence-electron chi connectivity index (χ0n) is 17.0. The maximum absolute atomic E-state index is 13.3. The average molecular weight is 419 g/mol. The summed E-state index contributed by atoms with van der Waals surface area (Å²) < 4.78 is 16.2. The number of carbonyl (C=O) groups excluding carboxylic acids is 2. The Morgan fingerprint density at radius 2 is 1.84 bits per heavy atom. The number of nitrogens with zero attached hydrogens (tertiary/aromatic N) is 3. The van der Waals surface area contributed by atoms with Gasteiger partial charge < -0.3 is 14.2 Å². The van der Waals surface area contributed by atoms with Crippen molar-refractivity contribution in [3.63, 3.8) is 0 Å². The Hall–Kier alpha value is -3.81. The first-order valence-corrected chi connectivity index (χ1v) is 10.1. The van der Waals surface area contributed by atoms with Crippen molar-refractivity contribution >= 4 is 22.7 Å². The van der Waals surface area contributed by atoms with Gasteiger partial charge >= 0.3 is 0 Å². The molecule has 2 aliphatic heterocycles. The lowest BCUT2D eigenvalue weighted by molar-refractivity contribution is -0.139. The monoisotopic (exact) mass is 419 g/mol. The first kappa shape index (κ1) is 19.2. The number of pyridine rings is 1. The van der Waals surface area contributed by atoms with Gasteiger partial charge in [0, 0.05) is 24.5 Å². The number of hydrogen-bond donors (Lipinski definition) is 0. The van der Waals surface area contributed by atoms with Crippen molar-refractivity contribution in [1.82, 2.24) is 15.0 Å². The predicted octanol–water partition coefficient (Wildman–Crippen LogP) is 2.80. The summed E-state index contributed by atoms with van der Waals surface area (Å²) in [6.45, 7) is 1.13. The molecule has 0 N–H and O–H groups in total. The van der Waals surface area contributed by atoms with E-state index in [-0.39, 0.29) is 30.7 Å². The topological polar surface area (TPSA) is 81.2 Å². The third-order valence-corrected chi connectivity index (χ3v) is 5.46. The van der Waals surface area contributed by atoms with Crippen LogP contribution in [0.3, 0.4) is 0 Å². The number of ether oxygens (including phenoxy) is 3. The summed E-state index contributed by atoms with van der Waals surface area (Å²) >= 11 is 0. The van der Waals surface area contributed by atoms with E-state index in [0.29, 0.717) is 42.3 Å². The molecule has 1 aromatic heterocycles. The third kappa shape index (κ3) is 3.50. The molecular formula is C23H21N3O5. The molecule has 3 heterocycles. The fourth-order valence-corrected chi connectivity index (χ4v) is 3.95. The summed E-state index contributed by atoms with van der Waals surface area (Å²) in [6.07, 6.45) is 0.873. The van der Waals surface area contributed by atoms with Gasteiger partial charge in [-0.05, 0) is 36.2 Å². The van der Waals surface area contributed by atoms with Gasteiger partial charge in [-0.3, -0.25) is 14.6 Å². The standard InChI is InChI=1S/C23H21N3O5/c1-29-20-13-18(24-17-6-3-2-5-16(17)20)23(28)26-10-4-9-25(26)22(27)12-15-7-8-19-21(11-15)31-14-30-19/h2-3,5-8,11,13H,4,9-10,12,14H2,1H3. The molecule has 2 amide bonds. The molecule has 0 atom stereocenters. The van der Waals surface area contributed by atoms with Crippen LogP contribution in [0, 0.1) is 0 Å². The minimum atomic E-state index is -0.319. The summed E-state index contributed by atoms with van der Waals surface area (Å²) in [5.41, 5.74) is 1.72. The van der Waals surface area contributed by atoms with Gasteiger partial charge in [-0.2, -0.15) is 0 Å². The number of aromatic nitrogens is 1. The van der Waals surface area contributed by atoms with Crippen LogP contribution in [-0.4, -0.2) is 53.8 Å². The Bertz CT molecular complexity index is 1180. The van der Waals surface area contributed by atoms with Gasteiger partial charge in [-0.1, -0.05) is 18.2 Å². The van der Waals surface area contributed by atoms with E-state index < -0.39 is 0 Å². The Labute approximate surface area is 178 Å². The molecule has 0 aliphatic carbocycles. The van der Waals surface area contributed by atoms with E-state index in [4.69, 9.17) is 14.2 Å². The van der Waals surface area contributed by atoms with E-state index in [0.717, 1.165) is 10.9 Å². The lowest BCUT2D eigenvalue weighted by atomic mass is 10.1. The number of para-hydroxylation sites is 1. The van der Waals surface area contributed by atoms with Crippen molar-refractivity contribution in [2.75, 3.05) is 27.0 Å². The van der Waals surface area contributed by atoms with Gasteiger partial charge in [0.2, 0.25) is 12.7 Å². The fourth-order valence-electron chi connectivity index (χ4n) is 3.95. The molecule has 0 radical (unpaired) electrons. The molecule has 2 aromatic carbocycles. The fraction of sp³-hybridized carbons (Fsp3) is 0.261. The second kappa shape index (κ2) is 7.79. The third-order valence-electron chi connectivity index (χ3n) is 5.46. The molecule has 158 valence electrons. The van der Waals surface area contributed by atoms with Crippen LogP contribution in [0.25, 0.3) is 10.9 Å². The highest BCUT2D eigenvalue weighted by molar-refractivity contribution is 5.98. The van der Waals surface area contributed by atoms with Gasteiger partial charge in [-0.25, -0.2) is 9.99 Å². The van der Waals surface area contributed by atoms with E-state index >= 15 is 0 Å². The molecule has 5 rings (SSSR count). The number of rotatable bonds is 4. The van der Waals surface area contributed by atoms with E-state index in [9.17, 15) is 9.59 Å². The second-order valence-electron chi connectivity index (χ2n) is 7.39. The van der Waals surface area contributed by atoms with Crippen LogP contribution in [0.15, 0.2) is 48.5 Å². The number of benzene rings is 2. The lowest BCUT2D eigenvalue weighted by Crippen LogP contribution is -2.45. The highest BCUT2D eigenvalue weighted by Crippen LogP contribution is 2.33. The summed E-state index contributed by atoms with van der Waals surface area (Å²) in [5.74, 6) is 1.40. The van der Waals surface area contributed by atoms with Crippen LogP contribution in [0.4, 0.5) is 0 Å². The molecule has 0 bridgehead atoms. The van der Waals surface area contributed by atoms with Crippen LogP contribution >= 0.6 is 0 Å². The largest absolute Gasteiger partial charge is 0.496 e. The number of carbonyl (C=O) groups is 2. The maximum atomic E-state index is 13.3. The molecule has 0 saturated carbocycles. The highest BCUT2D eigenvalue weighted by Gasteiger charge is 2.32. The number of hydrogen-bond acceptors (Lipinski definition) is 6. The number of methoxy groups -OCH3 is 1. The molecule has 0 unspecified atom stereocenters. The van der Waals surface area contributed by atoms with Gasteiger partial charge in [0.15, 0.2) is 11.5 Å². The van der Waals surface area contributed by atoms with Gasteiger partial charge in [-0.15, -0.1) is 0 Å². The molecule has 1 fully saturated rings. The van der Waals surface area contributed by atoms with Gasteiger partial charge in [0.05, 0.1) is 19.0 Å². The van der Waals surface area contributed by atoms with Crippen molar-refractivity contribution in [2.45, 2.75) is 12.8 Å². The molecular weight excluding hydrogens is 398 g/mol. The highest BCUT2D eigenvalue weighted by atomic mass is 16.7. The lowest BCUT2D eigenvalue weighted by Gasteiger charge is -2.28. The molecule has 1 saturated heterocycles. The van der Waals surface area contributed by atoms with E-state index in [2.05, 4.69) is 4.98 Å². The zero-order valence-corrected chi connectivity index (χ0v) is 17.0. The summed E-state index contributed by atoms with van der Waals surface area (Å²) in [5, 5.41) is 3.82. The van der Waals surface area contributed by atoms with Crippen molar-refractivity contribution < 1.29 is 23.8 Å². The Balaban J connectivity index is 1.38. The second-order valence-corrected chi connectivity index (χ2v) is 7.39. The first-order valence-electron chi connectivity index (χ1n) is 10.1. The van der Waals surface area contributed by atoms with E-state index in [1.165, 1.54) is 10.0 Å². The smallest absolute Gasteiger partial charge is 0.291 e. The quantitative estimate of drug-likeness (QED) is 0.647. The first-order chi connectivity index (χ1) is 15.1. The predicted molar refractivity (Wildman–Crippen MR) is 112 cm³/mol. The van der Waals surface area contributed by atoms with Crippen LogP contribution in [0.2, 0.25) is 0 Å². The number of hydrazine groups is 1. The number of amides is 2. The normalized spacial score (nSPS) is 14.9. The van der Waals surface area contributed by atoms with Crippen molar-refractivity contribution in [3.05, 3.63) is 59.8 Å². The van der Waals surface area contributed by atoms with Crippen LogP contribution in [0.1, 0.15) is 22.5 Å². The SMILES string of the molecule is COc1cc(C(=O)N2CCCN2C(=O)Cc2ccc3c(c2)OCO3)nc2ccccc12. The van der Waals surface area contributed by atoms with Crippen LogP contribution in [0.5, 0.6) is 17.2 Å². The summed E-state index contributed by atoms with van der Waals surface area (Å²) in [4.78, 5) is 30.8. The average Bonchev–Trinajstić information content (AvgIpc) is 3.47. The van der Waals surface area contributed by atoms with Crippen molar-refractivity contribution in [3.8, 4) is 17.2 Å². The van der Waals surface area contributed by atoms with Crippen LogP contribution in [-0.2, 0) is 11.2 Å². The van der Waals surface area contributed by atoms with Crippen LogP contribution < -0.4 is 14.2 Å². The Morgan fingerprint density at radius 1 is 1.03 bits per heavy atom. The molecule has 2 aliphatic rings. The Kier molecular flexibility index (Phi) is 4.82. The van der Waals surface area contributed by atoms with E-state index in [1.54, 1.807) is 25.3 Å².